The van der Waals surface area contributed by atoms with Crippen molar-refractivity contribution >= 4 is 5.91 Å². The zero-order valence-electron chi connectivity index (χ0n) is 10.9. The van der Waals surface area contributed by atoms with Gasteiger partial charge in [-0.25, -0.2) is 0 Å². The lowest BCUT2D eigenvalue weighted by atomic mass is 10.1. The van der Waals surface area contributed by atoms with Gasteiger partial charge in [-0.2, -0.15) is 0 Å². The molecule has 0 fully saturated rings. The van der Waals surface area contributed by atoms with E-state index < -0.39 is 0 Å². The molecule has 0 heterocycles. The highest BCUT2D eigenvalue weighted by Gasteiger charge is 2.05. The van der Waals surface area contributed by atoms with Gasteiger partial charge in [0.1, 0.15) is 6.54 Å². The van der Waals surface area contributed by atoms with Crippen LogP contribution in [-0.2, 0) is 11.2 Å². The Morgan fingerprint density at radius 2 is 2.11 bits per heavy atom. The summed E-state index contributed by atoms with van der Waals surface area (Å²) in [4.78, 5) is 13.7. The van der Waals surface area contributed by atoms with Gasteiger partial charge in [0.2, 0.25) is 5.91 Å². The van der Waals surface area contributed by atoms with E-state index in [2.05, 4.69) is 15.3 Å². The Morgan fingerprint density at radius 1 is 1.37 bits per heavy atom. The predicted molar refractivity (Wildman–Crippen MR) is 70.3 cm³/mol. The van der Waals surface area contributed by atoms with Crippen LogP contribution in [0.15, 0.2) is 23.3 Å². The Bertz CT molecular complexity index is 484. The van der Waals surface area contributed by atoms with Gasteiger partial charge in [0, 0.05) is 11.5 Å². The van der Waals surface area contributed by atoms with Crippen molar-refractivity contribution in [3.8, 4) is 11.5 Å². The van der Waals surface area contributed by atoms with Crippen LogP contribution in [0.5, 0.6) is 11.5 Å². The van der Waals surface area contributed by atoms with Gasteiger partial charge in [-0.3, -0.25) is 4.79 Å². The van der Waals surface area contributed by atoms with E-state index in [9.17, 15) is 4.79 Å². The standard InChI is InChI=1S/C12H16N4O3/c1-18-10-4-3-9(7-11(10)19-2)5-6-14-12(17)8-15-16-13/h3-4,7H,5-6,8H2,1-2H3,(H,14,17). The normalized spacial score (nSPS) is 9.37. The summed E-state index contributed by atoms with van der Waals surface area (Å²) in [5, 5.41) is 5.84. The first kappa shape index (κ1) is 14.7. The molecule has 0 aliphatic heterocycles. The van der Waals surface area contributed by atoms with Crippen molar-refractivity contribution in [1.29, 1.82) is 0 Å². The van der Waals surface area contributed by atoms with Crippen molar-refractivity contribution in [3.05, 3.63) is 34.2 Å². The largest absolute Gasteiger partial charge is 0.493 e. The van der Waals surface area contributed by atoms with Crippen molar-refractivity contribution in [2.24, 2.45) is 5.11 Å². The Balaban J connectivity index is 2.49. The van der Waals surface area contributed by atoms with Crippen LogP contribution in [0.4, 0.5) is 0 Å². The quantitative estimate of drug-likeness (QED) is 0.461. The van der Waals surface area contributed by atoms with Gasteiger partial charge in [0.05, 0.1) is 14.2 Å². The number of nitrogens with one attached hydrogen (secondary N) is 1. The Morgan fingerprint density at radius 3 is 2.74 bits per heavy atom. The van der Waals surface area contributed by atoms with E-state index in [-0.39, 0.29) is 12.5 Å². The topological polar surface area (TPSA) is 96.3 Å². The second kappa shape index (κ2) is 7.84. The second-order valence-electron chi connectivity index (χ2n) is 3.68. The number of azide groups is 1. The van der Waals surface area contributed by atoms with Crippen LogP contribution in [0.3, 0.4) is 0 Å². The molecule has 7 heteroatoms. The molecule has 1 amide bonds. The van der Waals surface area contributed by atoms with Crippen LogP contribution in [-0.4, -0.2) is 33.2 Å². The van der Waals surface area contributed by atoms with Crippen molar-refractivity contribution in [2.75, 3.05) is 27.3 Å². The van der Waals surface area contributed by atoms with Gasteiger partial charge >= 0.3 is 0 Å². The van der Waals surface area contributed by atoms with E-state index in [4.69, 9.17) is 15.0 Å². The molecular formula is C12H16N4O3. The SMILES string of the molecule is COc1ccc(CCNC(=O)CN=[N+]=[N-])cc1OC. The number of hydrogen-bond acceptors (Lipinski definition) is 4. The summed E-state index contributed by atoms with van der Waals surface area (Å²) in [6, 6.07) is 5.58. The fraction of sp³-hybridized carbons (Fsp3) is 0.417. The molecule has 1 rings (SSSR count). The smallest absolute Gasteiger partial charge is 0.225 e. The fourth-order valence-corrected chi connectivity index (χ4v) is 1.53. The van der Waals surface area contributed by atoms with E-state index >= 15 is 0 Å². The summed E-state index contributed by atoms with van der Waals surface area (Å²) in [5.41, 5.74) is 9.09. The third kappa shape index (κ3) is 4.77. The lowest BCUT2D eigenvalue weighted by Crippen LogP contribution is -2.27. The summed E-state index contributed by atoms with van der Waals surface area (Å²) in [5.74, 6) is 1.03. The molecule has 0 bridgehead atoms. The van der Waals surface area contributed by atoms with Gasteiger partial charge in [-0.1, -0.05) is 11.2 Å². The van der Waals surface area contributed by atoms with E-state index in [0.29, 0.717) is 24.5 Å². The van der Waals surface area contributed by atoms with Crippen molar-refractivity contribution in [1.82, 2.24) is 5.32 Å². The number of ether oxygens (including phenoxy) is 2. The van der Waals surface area contributed by atoms with E-state index in [1.54, 1.807) is 14.2 Å². The van der Waals surface area contributed by atoms with Crippen molar-refractivity contribution in [3.63, 3.8) is 0 Å². The minimum atomic E-state index is -0.293. The third-order valence-electron chi connectivity index (χ3n) is 2.46. The first-order valence-corrected chi connectivity index (χ1v) is 5.69. The highest BCUT2D eigenvalue weighted by atomic mass is 16.5. The molecule has 7 nitrogen and oxygen atoms in total. The van der Waals surface area contributed by atoms with Crippen LogP contribution >= 0.6 is 0 Å². The molecular weight excluding hydrogens is 248 g/mol. The van der Waals surface area contributed by atoms with E-state index in [0.717, 1.165) is 5.56 Å². The molecule has 1 N–H and O–H groups in total. The highest BCUT2D eigenvalue weighted by Crippen LogP contribution is 2.27. The van der Waals surface area contributed by atoms with Crippen LogP contribution < -0.4 is 14.8 Å². The van der Waals surface area contributed by atoms with Crippen LogP contribution in [0.2, 0.25) is 0 Å². The maximum absolute atomic E-state index is 11.2. The van der Waals surface area contributed by atoms with Crippen molar-refractivity contribution in [2.45, 2.75) is 6.42 Å². The molecule has 0 aromatic heterocycles. The summed E-state index contributed by atoms with van der Waals surface area (Å²) < 4.78 is 10.3. The molecule has 0 saturated carbocycles. The number of carbonyl (C=O) groups excluding carboxylic acids is 1. The predicted octanol–water partition coefficient (Wildman–Crippen LogP) is 1.67. The Kier molecular flexibility index (Phi) is 6.05. The average molecular weight is 264 g/mol. The molecule has 0 saturated heterocycles. The number of benzene rings is 1. The summed E-state index contributed by atoms with van der Waals surface area (Å²) in [6.07, 6.45) is 0.655. The maximum atomic E-state index is 11.2. The summed E-state index contributed by atoms with van der Waals surface area (Å²) in [6.45, 7) is 0.289. The van der Waals surface area contributed by atoms with Crippen LogP contribution in [0.1, 0.15) is 5.56 Å². The average Bonchev–Trinajstić information content (AvgIpc) is 2.44. The minimum absolute atomic E-state index is 0.178. The minimum Gasteiger partial charge on any atom is -0.493 e. The monoisotopic (exact) mass is 264 g/mol. The molecule has 0 radical (unpaired) electrons. The molecule has 102 valence electrons. The molecule has 0 unspecified atom stereocenters. The molecule has 1 aromatic rings. The van der Waals surface area contributed by atoms with Gasteiger partial charge < -0.3 is 14.8 Å². The summed E-state index contributed by atoms with van der Waals surface area (Å²) in [7, 11) is 3.15. The Hall–Kier alpha value is -2.40. The molecule has 1 aromatic carbocycles. The lowest BCUT2D eigenvalue weighted by molar-refractivity contribution is -0.119. The summed E-state index contributed by atoms with van der Waals surface area (Å²) >= 11 is 0. The number of amides is 1. The van der Waals surface area contributed by atoms with E-state index in [1.165, 1.54) is 0 Å². The molecule has 19 heavy (non-hydrogen) atoms. The number of methoxy groups -OCH3 is 2. The zero-order valence-corrected chi connectivity index (χ0v) is 10.9. The molecule has 0 atom stereocenters. The van der Waals surface area contributed by atoms with Crippen molar-refractivity contribution < 1.29 is 14.3 Å². The number of hydrogen-bond donors (Lipinski definition) is 1. The molecule has 0 aliphatic carbocycles. The first-order chi connectivity index (χ1) is 9.21. The van der Waals surface area contributed by atoms with Gasteiger partial charge in [0.25, 0.3) is 0 Å². The van der Waals surface area contributed by atoms with Gasteiger partial charge in [-0.15, -0.1) is 0 Å². The molecule has 0 aliphatic rings. The maximum Gasteiger partial charge on any atom is 0.225 e. The molecule has 0 spiro atoms. The second-order valence-corrected chi connectivity index (χ2v) is 3.68. The van der Waals surface area contributed by atoms with Crippen LogP contribution in [0, 0.1) is 0 Å². The lowest BCUT2D eigenvalue weighted by Gasteiger charge is -2.09. The number of nitrogens with zero attached hydrogens (tertiary/aromatic N) is 3. The zero-order chi connectivity index (χ0) is 14.1. The number of rotatable bonds is 7. The van der Waals surface area contributed by atoms with Gasteiger partial charge in [-0.05, 0) is 29.6 Å². The first-order valence-electron chi connectivity index (χ1n) is 5.69. The third-order valence-corrected chi connectivity index (χ3v) is 2.46. The van der Waals surface area contributed by atoms with E-state index in [1.807, 2.05) is 18.2 Å². The van der Waals surface area contributed by atoms with Crippen LogP contribution in [0.25, 0.3) is 10.4 Å². The van der Waals surface area contributed by atoms with Gasteiger partial charge in [0.15, 0.2) is 11.5 Å². The Labute approximate surface area is 111 Å². The highest BCUT2D eigenvalue weighted by molar-refractivity contribution is 5.78. The number of carbonyl (C=O) groups is 1. The fourth-order valence-electron chi connectivity index (χ4n) is 1.53.